The van der Waals surface area contributed by atoms with Crippen LogP contribution in [0.3, 0.4) is 0 Å². The van der Waals surface area contributed by atoms with Gasteiger partial charge < -0.3 is 9.64 Å². The summed E-state index contributed by atoms with van der Waals surface area (Å²) >= 11 is 0. The Labute approximate surface area is 124 Å². The van der Waals surface area contributed by atoms with E-state index < -0.39 is 0 Å². The minimum Gasteiger partial charge on any atom is -0.478 e. The molecule has 0 unspecified atom stereocenters. The molecule has 5 heteroatoms. The third-order valence-electron chi connectivity index (χ3n) is 3.70. The number of hydrogen-bond donors (Lipinski definition) is 0. The normalized spacial score (nSPS) is 13.4. The smallest absolute Gasteiger partial charge is 0.274 e. The fourth-order valence-corrected chi connectivity index (χ4v) is 2.57. The van der Waals surface area contributed by atoms with Gasteiger partial charge in [0.2, 0.25) is 5.88 Å². The van der Waals surface area contributed by atoms with Gasteiger partial charge in [0.05, 0.1) is 6.61 Å². The quantitative estimate of drug-likeness (QED) is 0.869. The maximum absolute atomic E-state index is 12.6. The van der Waals surface area contributed by atoms with Crippen LogP contribution in [0, 0.1) is 6.92 Å². The van der Waals surface area contributed by atoms with Crippen LogP contribution in [-0.2, 0) is 13.1 Å². The van der Waals surface area contributed by atoms with Gasteiger partial charge in [0.1, 0.15) is 0 Å². The molecule has 1 aliphatic heterocycles. The first-order chi connectivity index (χ1) is 10.2. The molecule has 1 amide bonds. The second-order valence-electron chi connectivity index (χ2n) is 5.35. The van der Waals surface area contributed by atoms with Crippen molar-refractivity contribution in [3.05, 3.63) is 47.2 Å². The monoisotopic (exact) mass is 285 g/mol. The van der Waals surface area contributed by atoms with Crippen LogP contribution < -0.4 is 4.74 Å². The number of carbonyl (C=O) groups is 1. The van der Waals surface area contributed by atoms with Crippen molar-refractivity contribution in [2.24, 2.45) is 0 Å². The van der Waals surface area contributed by atoms with Gasteiger partial charge in [-0.1, -0.05) is 30.3 Å². The van der Waals surface area contributed by atoms with Crippen molar-refractivity contribution in [3.8, 4) is 5.88 Å². The van der Waals surface area contributed by atoms with Crippen molar-refractivity contribution >= 4 is 5.91 Å². The van der Waals surface area contributed by atoms with E-state index in [0.29, 0.717) is 18.8 Å². The van der Waals surface area contributed by atoms with Crippen molar-refractivity contribution in [3.63, 3.8) is 0 Å². The zero-order valence-corrected chi connectivity index (χ0v) is 12.4. The average molecular weight is 285 g/mol. The van der Waals surface area contributed by atoms with Crippen LogP contribution in [-0.4, -0.2) is 34.2 Å². The Bertz CT molecular complexity index is 649. The largest absolute Gasteiger partial charge is 0.478 e. The molecule has 0 bridgehead atoms. The Balaban J connectivity index is 1.80. The van der Waals surface area contributed by atoms with E-state index in [1.807, 2.05) is 37.3 Å². The van der Waals surface area contributed by atoms with Crippen LogP contribution in [0.4, 0.5) is 0 Å². The molecule has 0 aliphatic carbocycles. The molecular formula is C16H19N3O2. The van der Waals surface area contributed by atoms with Crippen LogP contribution in [0.15, 0.2) is 30.3 Å². The molecule has 2 aromatic rings. The van der Waals surface area contributed by atoms with Crippen molar-refractivity contribution < 1.29 is 9.53 Å². The number of rotatable bonds is 3. The van der Waals surface area contributed by atoms with Crippen molar-refractivity contribution in [1.82, 2.24) is 14.7 Å². The Hall–Kier alpha value is -2.30. The van der Waals surface area contributed by atoms with Crippen LogP contribution in [0.2, 0.25) is 0 Å². The zero-order chi connectivity index (χ0) is 14.8. The minimum absolute atomic E-state index is 0.0677. The standard InChI is InChI=1S/C16H19N3O2/c1-12-14(17-19-9-6-10-21-16(12)19)15(20)18(2)11-13-7-4-3-5-8-13/h3-5,7-8H,6,9-11H2,1-2H3. The number of benzene rings is 1. The second kappa shape index (κ2) is 5.60. The Morgan fingerprint density at radius 1 is 1.38 bits per heavy atom. The summed E-state index contributed by atoms with van der Waals surface area (Å²) in [6, 6.07) is 9.94. The summed E-state index contributed by atoms with van der Waals surface area (Å²) in [5, 5.41) is 4.41. The molecule has 1 aromatic heterocycles. The van der Waals surface area contributed by atoms with Crippen molar-refractivity contribution in [1.29, 1.82) is 0 Å². The number of carbonyl (C=O) groups excluding carboxylic acids is 1. The first kappa shape index (κ1) is 13.7. The number of amides is 1. The third-order valence-corrected chi connectivity index (χ3v) is 3.70. The first-order valence-electron chi connectivity index (χ1n) is 7.16. The van der Waals surface area contributed by atoms with E-state index in [1.54, 1.807) is 16.6 Å². The molecule has 5 nitrogen and oxygen atoms in total. The molecule has 0 N–H and O–H groups in total. The second-order valence-corrected chi connectivity index (χ2v) is 5.35. The highest BCUT2D eigenvalue weighted by Crippen LogP contribution is 2.25. The molecule has 0 atom stereocenters. The molecule has 21 heavy (non-hydrogen) atoms. The summed E-state index contributed by atoms with van der Waals surface area (Å²) in [5.74, 6) is 0.666. The maximum Gasteiger partial charge on any atom is 0.274 e. The van der Waals surface area contributed by atoms with Gasteiger partial charge >= 0.3 is 0 Å². The Morgan fingerprint density at radius 2 is 2.14 bits per heavy atom. The van der Waals surface area contributed by atoms with E-state index in [4.69, 9.17) is 4.74 Å². The number of fused-ring (bicyclic) bond motifs is 1. The minimum atomic E-state index is -0.0677. The Kier molecular flexibility index (Phi) is 3.64. The fourth-order valence-electron chi connectivity index (χ4n) is 2.57. The van der Waals surface area contributed by atoms with Crippen molar-refractivity contribution in [2.45, 2.75) is 26.4 Å². The van der Waals surface area contributed by atoms with Crippen LogP contribution in [0.5, 0.6) is 5.88 Å². The lowest BCUT2D eigenvalue weighted by Gasteiger charge is -2.16. The molecule has 1 aliphatic rings. The van der Waals surface area contributed by atoms with Crippen LogP contribution in [0.25, 0.3) is 0 Å². The predicted octanol–water partition coefficient (Wildman–Crippen LogP) is 2.25. The fraction of sp³-hybridized carbons (Fsp3) is 0.375. The molecule has 1 aromatic carbocycles. The van der Waals surface area contributed by atoms with Gasteiger partial charge in [0, 0.05) is 32.1 Å². The molecule has 0 saturated heterocycles. The first-order valence-corrected chi connectivity index (χ1v) is 7.16. The van der Waals surface area contributed by atoms with Gasteiger partial charge in [0.15, 0.2) is 5.69 Å². The van der Waals surface area contributed by atoms with Gasteiger partial charge in [0.25, 0.3) is 5.91 Å². The lowest BCUT2D eigenvalue weighted by molar-refractivity contribution is 0.0777. The van der Waals surface area contributed by atoms with Gasteiger partial charge in [-0.25, -0.2) is 4.68 Å². The molecule has 110 valence electrons. The molecule has 2 heterocycles. The lowest BCUT2D eigenvalue weighted by atomic mass is 10.2. The number of aryl methyl sites for hydroxylation is 1. The summed E-state index contributed by atoms with van der Waals surface area (Å²) in [6.07, 6.45) is 0.932. The van der Waals surface area contributed by atoms with Crippen LogP contribution in [0.1, 0.15) is 28.0 Å². The summed E-state index contributed by atoms with van der Waals surface area (Å²) in [5.41, 5.74) is 2.43. The number of hydrogen-bond acceptors (Lipinski definition) is 3. The number of nitrogens with zero attached hydrogens (tertiary/aromatic N) is 3. The third kappa shape index (κ3) is 2.63. The van der Waals surface area contributed by atoms with E-state index in [0.717, 1.165) is 30.0 Å². The number of aromatic nitrogens is 2. The van der Waals surface area contributed by atoms with Crippen molar-refractivity contribution in [2.75, 3.05) is 13.7 Å². The van der Waals surface area contributed by atoms with E-state index >= 15 is 0 Å². The highest BCUT2D eigenvalue weighted by molar-refractivity contribution is 5.94. The molecular weight excluding hydrogens is 266 g/mol. The Morgan fingerprint density at radius 3 is 2.86 bits per heavy atom. The molecule has 0 saturated carbocycles. The SMILES string of the molecule is Cc1c(C(=O)N(C)Cc2ccccc2)nn2c1OCCC2. The summed E-state index contributed by atoms with van der Waals surface area (Å²) < 4.78 is 7.41. The molecule has 0 radical (unpaired) electrons. The van der Waals surface area contributed by atoms with Gasteiger partial charge in [-0.2, -0.15) is 5.10 Å². The van der Waals surface area contributed by atoms with Crippen LogP contribution >= 0.6 is 0 Å². The molecule has 0 spiro atoms. The highest BCUT2D eigenvalue weighted by Gasteiger charge is 2.25. The maximum atomic E-state index is 12.6. The average Bonchev–Trinajstić information content (AvgIpc) is 2.85. The number of ether oxygens (including phenoxy) is 1. The van der Waals surface area contributed by atoms with E-state index in [2.05, 4.69) is 5.10 Å². The summed E-state index contributed by atoms with van der Waals surface area (Å²) in [6.45, 7) is 3.97. The molecule has 3 rings (SSSR count). The molecule has 0 fully saturated rings. The van der Waals surface area contributed by atoms with E-state index in [9.17, 15) is 4.79 Å². The van der Waals surface area contributed by atoms with E-state index in [-0.39, 0.29) is 5.91 Å². The van der Waals surface area contributed by atoms with E-state index in [1.165, 1.54) is 0 Å². The summed E-state index contributed by atoms with van der Waals surface area (Å²) in [7, 11) is 1.80. The topological polar surface area (TPSA) is 47.4 Å². The lowest BCUT2D eigenvalue weighted by Crippen LogP contribution is -2.27. The van der Waals surface area contributed by atoms with Gasteiger partial charge in [-0.15, -0.1) is 0 Å². The summed E-state index contributed by atoms with van der Waals surface area (Å²) in [4.78, 5) is 14.3. The van der Waals surface area contributed by atoms with Gasteiger partial charge in [-0.05, 0) is 12.5 Å². The predicted molar refractivity (Wildman–Crippen MR) is 79.3 cm³/mol. The highest BCUT2D eigenvalue weighted by atomic mass is 16.5. The van der Waals surface area contributed by atoms with Gasteiger partial charge in [-0.3, -0.25) is 4.79 Å². The zero-order valence-electron chi connectivity index (χ0n) is 12.4.